The molecule has 5 heteroatoms. The average Bonchev–Trinajstić information content (AvgIpc) is 3.07. The number of nitrogens with zero attached hydrogens (tertiary/aromatic N) is 4. The lowest BCUT2D eigenvalue weighted by Crippen LogP contribution is -2.29. The number of fused-ring (bicyclic) bond motifs is 1. The van der Waals surface area contributed by atoms with Crippen LogP contribution < -0.4 is 4.90 Å². The molecule has 1 N–H and O–H groups in total. The molecule has 1 aliphatic rings. The first-order chi connectivity index (χ1) is 11.4. The van der Waals surface area contributed by atoms with Crippen LogP contribution in [-0.4, -0.2) is 28.0 Å². The molecule has 4 heterocycles. The summed E-state index contributed by atoms with van der Waals surface area (Å²) >= 11 is 0. The minimum atomic E-state index is 0.570. The van der Waals surface area contributed by atoms with Gasteiger partial charge >= 0.3 is 0 Å². The van der Waals surface area contributed by atoms with Gasteiger partial charge in [-0.05, 0) is 31.4 Å². The topological polar surface area (TPSA) is 68.6 Å². The van der Waals surface area contributed by atoms with Crippen LogP contribution in [0.3, 0.4) is 0 Å². The van der Waals surface area contributed by atoms with Crippen molar-refractivity contribution in [1.29, 1.82) is 5.26 Å². The van der Waals surface area contributed by atoms with E-state index in [0.29, 0.717) is 5.56 Å². The first kappa shape index (κ1) is 13.8. The van der Waals surface area contributed by atoms with Gasteiger partial charge in [-0.2, -0.15) is 5.26 Å². The molecule has 0 spiro atoms. The number of aromatic amines is 1. The highest BCUT2D eigenvalue weighted by Crippen LogP contribution is 2.35. The lowest BCUT2D eigenvalue weighted by atomic mass is 10.0. The van der Waals surface area contributed by atoms with E-state index < -0.39 is 0 Å². The molecular formula is C18H17N5. The normalized spacial score (nSPS) is 14.8. The van der Waals surface area contributed by atoms with E-state index >= 15 is 0 Å². The lowest BCUT2D eigenvalue weighted by molar-refractivity contribution is 0.579. The Hall–Kier alpha value is -2.87. The van der Waals surface area contributed by atoms with Crippen molar-refractivity contribution in [2.24, 2.45) is 0 Å². The average molecular weight is 303 g/mol. The Morgan fingerprint density at radius 3 is 2.87 bits per heavy atom. The molecule has 0 unspecified atom stereocenters. The molecular weight excluding hydrogens is 286 g/mol. The zero-order valence-corrected chi connectivity index (χ0v) is 12.8. The maximum Gasteiger partial charge on any atom is 0.139 e. The zero-order valence-electron chi connectivity index (χ0n) is 12.8. The molecule has 0 aromatic carbocycles. The largest absolute Gasteiger partial charge is 0.371 e. The predicted molar refractivity (Wildman–Crippen MR) is 90.1 cm³/mol. The van der Waals surface area contributed by atoms with E-state index in [-0.39, 0.29) is 0 Å². The Morgan fingerprint density at radius 1 is 1.17 bits per heavy atom. The van der Waals surface area contributed by atoms with Crippen molar-refractivity contribution in [1.82, 2.24) is 15.0 Å². The third-order valence-corrected chi connectivity index (χ3v) is 4.43. The highest BCUT2D eigenvalue weighted by Gasteiger charge is 2.18. The molecule has 1 saturated heterocycles. The van der Waals surface area contributed by atoms with Gasteiger partial charge in [0.25, 0.3) is 0 Å². The summed E-state index contributed by atoms with van der Waals surface area (Å²) in [5.41, 5.74) is 4.67. The van der Waals surface area contributed by atoms with Gasteiger partial charge in [0.2, 0.25) is 0 Å². The fourth-order valence-electron chi connectivity index (χ4n) is 3.31. The summed E-state index contributed by atoms with van der Waals surface area (Å²) in [5.74, 6) is 0. The number of nitriles is 1. The summed E-state index contributed by atoms with van der Waals surface area (Å²) < 4.78 is 0. The summed E-state index contributed by atoms with van der Waals surface area (Å²) in [6.45, 7) is 2.17. The van der Waals surface area contributed by atoms with Gasteiger partial charge in [-0.3, -0.25) is 4.98 Å². The number of H-pyrrole nitrogens is 1. The number of hydrogen-bond acceptors (Lipinski definition) is 4. The number of anilines is 1. The molecule has 0 radical (unpaired) electrons. The Balaban J connectivity index is 1.89. The zero-order chi connectivity index (χ0) is 15.6. The van der Waals surface area contributed by atoms with E-state index in [1.165, 1.54) is 24.9 Å². The number of nitrogens with one attached hydrogen (secondary N) is 1. The third kappa shape index (κ3) is 2.42. The first-order valence-corrected chi connectivity index (χ1v) is 7.93. The number of aromatic nitrogens is 3. The van der Waals surface area contributed by atoms with Crippen molar-refractivity contribution in [2.75, 3.05) is 18.0 Å². The van der Waals surface area contributed by atoms with E-state index in [1.807, 2.05) is 18.5 Å². The molecule has 0 amide bonds. The van der Waals surface area contributed by atoms with Gasteiger partial charge in [0.1, 0.15) is 11.7 Å². The second-order valence-electron chi connectivity index (χ2n) is 5.88. The van der Waals surface area contributed by atoms with Crippen molar-refractivity contribution in [3.8, 4) is 17.2 Å². The molecule has 5 nitrogen and oxygen atoms in total. The Bertz CT molecular complexity index is 884. The summed E-state index contributed by atoms with van der Waals surface area (Å²) in [4.78, 5) is 14.3. The maximum atomic E-state index is 9.11. The van der Waals surface area contributed by atoms with Crippen LogP contribution in [-0.2, 0) is 0 Å². The SMILES string of the molecule is N#Cc1cncc(-c2c[nH]c3nccc(N4CCCCC4)c23)c1. The third-order valence-electron chi connectivity index (χ3n) is 4.43. The highest BCUT2D eigenvalue weighted by molar-refractivity contribution is 6.02. The van der Waals surface area contributed by atoms with Crippen LogP contribution in [0.4, 0.5) is 5.69 Å². The molecule has 0 atom stereocenters. The quantitative estimate of drug-likeness (QED) is 0.787. The Morgan fingerprint density at radius 2 is 2.04 bits per heavy atom. The van der Waals surface area contributed by atoms with E-state index in [1.54, 1.807) is 12.4 Å². The summed E-state index contributed by atoms with van der Waals surface area (Å²) in [6.07, 6.45) is 11.0. The molecule has 0 saturated carbocycles. The molecule has 3 aromatic heterocycles. The fourth-order valence-corrected chi connectivity index (χ4v) is 3.31. The van der Waals surface area contributed by atoms with Gasteiger partial charge < -0.3 is 9.88 Å². The fraction of sp³-hybridized carbons (Fsp3) is 0.278. The molecule has 3 aromatic rings. The van der Waals surface area contributed by atoms with Crippen molar-refractivity contribution in [3.05, 3.63) is 42.5 Å². The minimum absolute atomic E-state index is 0.570. The second-order valence-corrected chi connectivity index (χ2v) is 5.88. The van der Waals surface area contributed by atoms with Gasteiger partial charge in [-0.15, -0.1) is 0 Å². The standard InChI is InChI=1S/C18H17N5/c19-9-13-8-14(11-20-10-13)15-12-22-18-17(15)16(4-5-21-18)23-6-2-1-3-7-23/h4-5,8,10-12H,1-3,6-7H2,(H,21,22). The Labute approximate surface area is 134 Å². The van der Waals surface area contributed by atoms with Crippen molar-refractivity contribution < 1.29 is 0 Å². The van der Waals surface area contributed by atoms with Crippen molar-refractivity contribution in [3.63, 3.8) is 0 Å². The van der Waals surface area contributed by atoms with Gasteiger partial charge in [0.15, 0.2) is 0 Å². The molecule has 1 aliphatic heterocycles. The minimum Gasteiger partial charge on any atom is -0.371 e. The molecule has 0 bridgehead atoms. The van der Waals surface area contributed by atoms with Crippen molar-refractivity contribution in [2.45, 2.75) is 19.3 Å². The van der Waals surface area contributed by atoms with E-state index in [2.05, 4.69) is 32.0 Å². The van der Waals surface area contributed by atoms with Crippen LogP contribution in [0.2, 0.25) is 0 Å². The van der Waals surface area contributed by atoms with E-state index in [4.69, 9.17) is 5.26 Å². The van der Waals surface area contributed by atoms with Gasteiger partial charge in [0, 0.05) is 60.1 Å². The highest BCUT2D eigenvalue weighted by atomic mass is 15.1. The maximum absolute atomic E-state index is 9.11. The van der Waals surface area contributed by atoms with Crippen molar-refractivity contribution >= 4 is 16.7 Å². The smallest absolute Gasteiger partial charge is 0.139 e. The van der Waals surface area contributed by atoms with Crippen LogP contribution in [0, 0.1) is 11.3 Å². The molecule has 114 valence electrons. The lowest BCUT2D eigenvalue weighted by Gasteiger charge is -2.29. The van der Waals surface area contributed by atoms with Gasteiger partial charge in [0.05, 0.1) is 5.56 Å². The number of rotatable bonds is 2. The van der Waals surface area contributed by atoms with Crippen LogP contribution in [0.25, 0.3) is 22.2 Å². The molecule has 0 aliphatic carbocycles. The van der Waals surface area contributed by atoms with E-state index in [9.17, 15) is 0 Å². The summed E-state index contributed by atoms with van der Waals surface area (Å²) in [5, 5.41) is 10.2. The predicted octanol–water partition coefficient (Wildman–Crippen LogP) is 3.49. The van der Waals surface area contributed by atoms with Crippen LogP contribution in [0.15, 0.2) is 36.9 Å². The van der Waals surface area contributed by atoms with Gasteiger partial charge in [-0.25, -0.2) is 4.98 Å². The van der Waals surface area contributed by atoms with Crippen LogP contribution >= 0.6 is 0 Å². The summed E-state index contributed by atoms with van der Waals surface area (Å²) in [6, 6.07) is 6.12. The first-order valence-electron chi connectivity index (χ1n) is 7.93. The molecule has 1 fully saturated rings. The second kappa shape index (κ2) is 5.73. The summed E-state index contributed by atoms with van der Waals surface area (Å²) in [7, 11) is 0. The number of piperidine rings is 1. The van der Waals surface area contributed by atoms with Crippen LogP contribution in [0.1, 0.15) is 24.8 Å². The Kier molecular flexibility index (Phi) is 3.43. The molecule has 23 heavy (non-hydrogen) atoms. The van der Waals surface area contributed by atoms with E-state index in [0.717, 1.165) is 35.2 Å². The molecule has 4 rings (SSSR count). The number of pyridine rings is 2. The monoisotopic (exact) mass is 303 g/mol. The van der Waals surface area contributed by atoms with Crippen LogP contribution in [0.5, 0.6) is 0 Å². The van der Waals surface area contributed by atoms with Gasteiger partial charge in [-0.1, -0.05) is 0 Å². The number of hydrogen-bond donors (Lipinski definition) is 1.